The largest absolute Gasteiger partial charge is 0.338 e. The van der Waals surface area contributed by atoms with Crippen molar-refractivity contribution < 1.29 is 4.79 Å². The number of benzene rings is 2. The predicted octanol–water partition coefficient (Wildman–Crippen LogP) is 4.25. The second-order valence-electron chi connectivity index (χ2n) is 4.58. The molecule has 2 N–H and O–H groups in total. The lowest BCUT2D eigenvalue weighted by molar-refractivity contribution is 0.240. The molecule has 0 atom stereocenters. The fourth-order valence-corrected chi connectivity index (χ4v) is 2.83. The van der Waals surface area contributed by atoms with Crippen molar-refractivity contribution >= 4 is 37.9 Å². The summed E-state index contributed by atoms with van der Waals surface area (Å²) in [7, 11) is 0. The molecular weight excluding hydrogens is 396 g/mol. The van der Waals surface area contributed by atoms with Gasteiger partial charge in [0.05, 0.1) is 0 Å². The number of amides is 2. The van der Waals surface area contributed by atoms with Crippen LogP contribution in [-0.4, -0.2) is 12.6 Å². The number of urea groups is 1. The third-order valence-corrected chi connectivity index (χ3v) is 4.25. The number of carbonyl (C=O) groups excluding carboxylic acids is 1. The van der Waals surface area contributed by atoms with Crippen LogP contribution in [0.2, 0.25) is 0 Å². The van der Waals surface area contributed by atoms with Gasteiger partial charge in [0, 0.05) is 22.0 Å². The Morgan fingerprint density at radius 1 is 1.00 bits per heavy atom. The summed E-state index contributed by atoms with van der Waals surface area (Å²) in [6.07, 6.45) is 0.797. The molecule has 0 aliphatic heterocycles. The standard InChI is InChI=1S/C16H16Br2N2O/c17-14-6-3-4-12(10-14)11-20-16(21)19-9-8-13-5-1-2-7-15(13)18/h1-7,10H,8-9,11H2,(H2,19,20,21). The van der Waals surface area contributed by atoms with Crippen molar-refractivity contribution in [1.29, 1.82) is 0 Å². The molecule has 5 heteroatoms. The maximum atomic E-state index is 11.7. The molecule has 0 bridgehead atoms. The molecule has 2 aromatic rings. The molecule has 0 heterocycles. The van der Waals surface area contributed by atoms with Crippen molar-refractivity contribution in [2.45, 2.75) is 13.0 Å². The quantitative estimate of drug-likeness (QED) is 0.758. The molecule has 2 aromatic carbocycles. The number of halogens is 2. The van der Waals surface area contributed by atoms with E-state index in [1.807, 2.05) is 48.5 Å². The molecule has 0 radical (unpaired) electrons. The summed E-state index contributed by atoms with van der Waals surface area (Å²) < 4.78 is 2.08. The van der Waals surface area contributed by atoms with E-state index < -0.39 is 0 Å². The third kappa shape index (κ3) is 5.52. The van der Waals surface area contributed by atoms with Gasteiger partial charge in [-0.3, -0.25) is 0 Å². The maximum Gasteiger partial charge on any atom is 0.315 e. The van der Waals surface area contributed by atoms with Crippen LogP contribution < -0.4 is 10.6 Å². The molecule has 0 aromatic heterocycles. The van der Waals surface area contributed by atoms with Crippen LogP contribution in [0.5, 0.6) is 0 Å². The molecule has 0 aliphatic rings. The van der Waals surface area contributed by atoms with Crippen molar-refractivity contribution in [2.24, 2.45) is 0 Å². The summed E-state index contributed by atoms with van der Waals surface area (Å²) in [5, 5.41) is 5.71. The lowest BCUT2D eigenvalue weighted by Crippen LogP contribution is -2.36. The van der Waals surface area contributed by atoms with E-state index in [1.54, 1.807) is 0 Å². The maximum absolute atomic E-state index is 11.7. The van der Waals surface area contributed by atoms with Gasteiger partial charge in [-0.05, 0) is 35.7 Å². The molecule has 0 saturated carbocycles. The van der Waals surface area contributed by atoms with Gasteiger partial charge < -0.3 is 10.6 Å². The number of carbonyl (C=O) groups is 1. The van der Waals surface area contributed by atoms with Gasteiger partial charge in [0.25, 0.3) is 0 Å². The average Bonchev–Trinajstić information content (AvgIpc) is 2.47. The minimum Gasteiger partial charge on any atom is -0.338 e. The molecule has 0 fully saturated rings. The van der Waals surface area contributed by atoms with Crippen LogP contribution in [0.3, 0.4) is 0 Å². The van der Waals surface area contributed by atoms with E-state index in [4.69, 9.17) is 0 Å². The first kappa shape index (κ1) is 16.0. The summed E-state index contributed by atoms with van der Waals surface area (Å²) in [5.74, 6) is 0. The Bertz CT molecular complexity index is 617. The van der Waals surface area contributed by atoms with Gasteiger partial charge in [0.15, 0.2) is 0 Å². The fraction of sp³-hybridized carbons (Fsp3) is 0.188. The highest BCUT2D eigenvalue weighted by atomic mass is 79.9. The fourth-order valence-electron chi connectivity index (χ4n) is 1.90. The zero-order valence-corrected chi connectivity index (χ0v) is 14.6. The predicted molar refractivity (Wildman–Crippen MR) is 92.2 cm³/mol. The van der Waals surface area contributed by atoms with E-state index in [9.17, 15) is 4.79 Å². The highest BCUT2D eigenvalue weighted by Gasteiger charge is 2.02. The molecule has 2 rings (SSSR count). The lowest BCUT2D eigenvalue weighted by atomic mass is 10.1. The van der Waals surface area contributed by atoms with E-state index in [0.29, 0.717) is 13.1 Å². The SMILES string of the molecule is O=C(NCCc1ccccc1Br)NCc1cccc(Br)c1. The van der Waals surface area contributed by atoms with E-state index in [0.717, 1.165) is 20.9 Å². The summed E-state index contributed by atoms with van der Waals surface area (Å²) >= 11 is 6.91. The smallest absolute Gasteiger partial charge is 0.315 e. The second kappa shape index (κ2) is 8.20. The summed E-state index contributed by atoms with van der Waals surface area (Å²) in [5.41, 5.74) is 2.25. The van der Waals surface area contributed by atoms with Crippen LogP contribution in [-0.2, 0) is 13.0 Å². The van der Waals surface area contributed by atoms with Crippen molar-refractivity contribution in [3.05, 3.63) is 68.6 Å². The van der Waals surface area contributed by atoms with Crippen LogP contribution in [0, 0.1) is 0 Å². The summed E-state index contributed by atoms with van der Waals surface area (Å²) in [6.45, 7) is 1.12. The Morgan fingerprint density at radius 2 is 1.81 bits per heavy atom. The van der Waals surface area contributed by atoms with Gasteiger partial charge in [-0.2, -0.15) is 0 Å². The Balaban J connectivity index is 1.72. The first-order valence-electron chi connectivity index (χ1n) is 6.65. The van der Waals surface area contributed by atoms with Gasteiger partial charge >= 0.3 is 6.03 Å². The van der Waals surface area contributed by atoms with E-state index in [2.05, 4.69) is 42.5 Å². The Labute approximate surface area is 141 Å². The van der Waals surface area contributed by atoms with Crippen molar-refractivity contribution in [2.75, 3.05) is 6.54 Å². The van der Waals surface area contributed by atoms with Gasteiger partial charge in [-0.25, -0.2) is 4.79 Å². The summed E-state index contributed by atoms with van der Waals surface area (Å²) in [6, 6.07) is 15.7. The molecule has 0 unspecified atom stereocenters. The highest BCUT2D eigenvalue weighted by molar-refractivity contribution is 9.10. The minimum atomic E-state index is -0.151. The van der Waals surface area contributed by atoms with Crippen LogP contribution in [0.15, 0.2) is 57.5 Å². The number of rotatable bonds is 5. The van der Waals surface area contributed by atoms with Crippen LogP contribution in [0.4, 0.5) is 4.79 Å². The first-order valence-corrected chi connectivity index (χ1v) is 8.23. The zero-order valence-electron chi connectivity index (χ0n) is 11.4. The van der Waals surface area contributed by atoms with Gasteiger partial charge in [-0.15, -0.1) is 0 Å². The monoisotopic (exact) mass is 410 g/mol. The Kier molecular flexibility index (Phi) is 6.26. The van der Waals surface area contributed by atoms with Crippen molar-refractivity contribution in [3.8, 4) is 0 Å². The molecule has 110 valence electrons. The van der Waals surface area contributed by atoms with Gasteiger partial charge in [0.1, 0.15) is 0 Å². The molecular formula is C16H16Br2N2O. The van der Waals surface area contributed by atoms with Crippen LogP contribution >= 0.6 is 31.9 Å². The molecule has 0 saturated heterocycles. The molecule has 2 amide bonds. The van der Waals surface area contributed by atoms with Crippen molar-refractivity contribution in [3.63, 3.8) is 0 Å². The van der Waals surface area contributed by atoms with Gasteiger partial charge in [-0.1, -0.05) is 62.2 Å². The second-order valence-corrected chi connectivity index (χ2v) is 6.35. The number of nitrogens with one attached hydrogen (secondary N) is 2. The Hall–Kier alpha value is -1.33. The summed E-state index contributed by atoms with van der Waals surface area (Å²) in [4.78, 5) is 11.7. The topological polar surface area (TPSA) is 41.1 Å². The van der Waals surface area contributed by atoms with E-state index in [-0.39, 0.29) is 6.03 Å². The third-order valence-electron chi connectivity index (χ3n) is 2.98. The molecule has 0 aliphatic carbocycles. The Morgan fingerprint density at radius 3 is 2.57 bits per heavy atom. The number of hydrogen-bond donors (Lipinski definition) is 2. The molecule has 3 nitrogen and oxygen atoms in total. The normalized spacial score (nSPS) is 10.2. The van der Waals surface area contributed by atoms with E-state index in [1.165, 1.54) is 5.56 Å². The molecule has 21 heavy (non-hydrogen) atoms. The minimum absolute atomic E-state index is 0.151. The molecule has 0 spiro atoms. The van der Waals surface area contributed by atoms with Crippen molar-refractivity contribution in [1.82, 2.24) is 10.6 Å². The zero-order chi connectivity index (χ0) is 15.1. The first-order chi connectivity index (χ1) is 10.1. The van der Waals surface area contributed by atoms with Gasteiger partial charge in [0.2, 0.25) is 0 Å². The highest BCUT2D eigenvalue weighted by Crippen LogP contribution is 2.15. The number of hydrogen-bond acceptors (Lipinski definition) is 1. The van der Waals surface area contributed by atoms with Crippen LogP contribution in [0.1, 0.15) is 11.1 Å². The van der Waals surface area contributed by atoms with E-state index >= 15 is 0 Å². The van der Waals surface area contributed by atoms with Crippen LogP contribution in [0.25, 0.3) is 0 Å². The lowest BCUT2D eigenvalue weighted by Gasteiger charge is -2.09. The average molecular weight is 412 g/mol.